The molecule has 1 aliphatic rings. The molecule has 3 amide bonds. The predicted molar refractivity (Wildman–Crippen MR) is 108 cm³/mol. The monoisotopic (exact) mass is 411 g/mol. The molecule has 1 fully saturated rings. The minimum Gasteiger partial charge on any atom is -0.356 e. The van der Waals surface area contributed by atoms with Gasteiger partial charge in [0.05, 0.1) is 17.8 Å². The number of aromatic nitrogens is 2. The van der Waals surface area contributed by atoms with Gasteiger partial charge in [-0.2, -0.15) is 5.10 Å². The smallest absolute Gasteiger partial charge is 0.255 e. The second-order valence-corrected chi connectivity index (χ2v) is 7.38. The fraction of sp³-hybridized carbons (Fsp3) is 0.381. The summed E-state index contributed by atoms with van der Waals surface area (Å²) in [7, 11) is 1.69. The maximum Gasteiger partial charge on any atom is 0.255 e. The molecule has 3 rings (SSSR count). The number of carbonyl (C=O) groups excluding carboxylic acids is 4. The van der Waals surface area contributed by atoms with Gasteiger partial charge < -0.3 is 20.7 Å². The molecule has 158 valence electrons. The lowest BCUT2D eigenvalue weighted by molar-refractivity contribution is -0.127. The normalized spacial score (nSPS) is 17.6. The van der Waals surface area contributed by atoms with Crippen LogP contribution in [0.1, 0.15) is 28.8 Å². The molecule has 30 heavy (non-hydrogen) atoms. The van der Waals surface area contributed by atoms with Crippen LogP contribution in [0.5, 0.6) is 0 Å². The fourth-order valence-corrected chi connectivity index (χ4v) is 3.45. The molecule has 0 aliphatic carbocycles. The van der Waals surface area contributed by atoms with Gasteiger partial charge in [0, 0.05) is 32.1 Å². The van der Waals surface area contributed by atoms with Gasteiger partial charge in [-0.25, -0.2) is 0 Å². The van der Waals surface area contributed by atoms with Gasteiger partial charge in [0.25, 0.3) is 5.91 Å². The summed E-state index contributed by atoms with van der Waals surface area (Å²) in [6.07, 6.45) is 4.72. The second-order valence-electron chi connectivity index (χ2n) is 7.38. The Morgan fingerprint density at radius 3 is 2.67 bits per heavy atom. The summed E-state index contributed by atoms with van der Waals surface area (Å²) < 4.78 is 1.50. The van der Waals surface area contributed by atoms with E-state index in [-0.39, 0.29) is 24.7 Å². The van der Waals surface area contributed by atoms with E-state index in [1.54, 1.807) is 13.2 Å². The molecule has 2 aromatic rings. The van der Waals surface area contributed by atoms with Crippen LogP contribution in [0.15, 0.2) is 42.7 Å². The van der Waals surface area contributed by atoms with E-state index >= 15 is 0 Å². The van der Waals surface area contributed by atoms with Crippen LogP contribution in [-0.2, 0) is 27.9 Å². The van der Waals surface area contributed by atoms with Gasteiger partial charge in [0.1, 0.15) is 12.3 Å². The van der Waals surface area contributed by atoms with Crippen LogP contribution >= 0.6 is 0 Å². The number of hydrogen-bond donors (Lipinski definition) is 3. The number of aldehydes is 1. The molecule has 3 atom stereocenters. The topological polar surface area (TPSA) is 122 Å². The van der Waals surface area contributed by atoms with Gasteiger partial charge in [0.2, 0.25) is 11.8 Å². The molecule has 1 aromatic carbocycles. The van der Waals surface area contributed by atoms with E-state index in [2.05, 4.69) is 21.0 Å². The Kier molecular flexibility index (Phi) is 6.95. The van der Waals surface area contributed by atoms with Crippen LogP contribution < -0.4 is 16.0 Å². The highest BCUT2D eigenvalue weighted by molar-refractivity contribution is 5.97. The predicted octanol–water partition coefficient (Wildman–Crippen LogP) is -0.0289. The first-order chi connectivity index (χ1) is 14.5. The molecule has 1 saturated heterocycles. The molecular formula is C21H25N5O4. The maximum absolute atomic E-state index is 12.9. The number of rotatable bonds is 9. The van der Waals surface area contributed by atoms with Crippen molar-refractivity contribution in [3.63, 3.8) is 0 Å². The third-order valence-corrected chi connectivity index (χ3v) is 5.06. The van der Waals surface area contributed by atoms with Crippen molar-refractivity contribution < 1.29 is 19.2 Å². The Balaban J connectivity index is 1.70. The highest BCUT2D eigenvalue weighted by atomic mass is 16.2. The Hall–Kier alpha value is -3.49. The largest absolute Gasteiger partial charge is 0.356 e. The van der Waals surface area contributed by atoms with Gasteiger partial charge in [-0.15, -0.1) is 0 Å². The SMILES string of the molecule is Cn1cc(C(=O)NC(Cc2ccccc2)C(=O)N[C@H](C=O)C[C@@H]2CCNC2=O)cn1. The van der Waals surface area contributed by atoms with E-state index in [1.165, 1.54) is 10.9 Å². The van der Waals surface area contributed by atoms with Crippen molar-refractivity contribution in [2.24, 2.45) is 13.0 Å². The minimum absolute atomic E-state index is 0.109. The summed E-state index contributed by atoms with van der Waals surface area (Å²) in [5, 5.41) is 12.1. The third kappa shape index (κ3) is 5.53. The Morgan fingerprint density at radius 2 is 2.07 bits per heavy atom. The van der Waals surface area contributed by atoms with Gasteiger partial charge in [-0.05, 0) is 18.4 Å². The van der Waals surface area contributed by atoms with Crippen molar-refractivity contribution in [1.82, 2.24) is 25.7 Å². The van der Waals surface area contributed by atoms with Crippen molar-refractivity contribution in [3.8, 4) is 0 Å². The van der Waals surface area contributed by atoms with Crippen molar-refractivity contribution in [1.29, 1.82) is 0 Å². The quantitative estimate of drug-likeness (QED) is 0.500. The highest BCUT2D eigenvalue weighted by Crippen LogP contribution is 2.15. The summed E-state index contributed by atoms with van der Waals surface area (Å²) in [4.78, 5) is 48.8. The summed E-state index contributed by atoms with van der Waals surface area (Å²) in [5.41, 5.74) is 1.19. The van der Waals surface area contributed by atoms with Crippen molar-refractivity contribution in [2.75, 3.05) is 6.54 Å². The average molecular weight is 411 g/mol. The van der Waals surface area contributed by atoms with E-state index in [0.717, 1.165) is 5.56 Å². The summed E-state index contributed by atoms with van der Waals surface area (Å²) in [6.45, 7) is 0.570. The average Bonchev–Trinajstić information content (AvgIpc) is 3.35. The van der Waals surface area contributed by atoms with E-state index in [9.17, 15) is 19.2 Å². The Morgan fingerprint density at radius 1 is 1.30 bits per heavy atom. The van der Waals surface area contributed by atoms with Crippen molar-refractivity contribution in [3.05, 3.63) is 53.9 Å². The zero-order valence-corrected chi connectivity index (χ0v) is 16.7. The standard InChI is InChI=1S/C21H25N5O4/c1-26-12-16(11-23-26)20(29)25-18(9-14-5-3-2-4-6-14)21(30)24-17(13-27)10-15-7-8-22-19(15)28/h2-6,11-13,15,17-18H,7-10H2,1H3,(H,22,28)(H,24,30)(H,25,29)/t15-,17-,18?/m0/s1. The molecular weight excluding hydrogens is 386 g/mol. The molecule has 0 bridgehead atoms. The Bertz CT molecular complexity index is 911. The van der Waals surface area contributed by atoms with E-state index in [1.807, 2.05) is 30.3 Å². The highest BCUT2D eigenvalue weighted by Gasteiger charge is 2.30. The summed E-state index contributed by atoms with van der Waals surface area (Å²) in [5.74, 6) is -1.33. The van der Waals surface area contributed by atoms with E-state index in [0.29, 0.717) is 24.8 Å². The van der Waals surface area contributed by atoms with Crippen LogP contribution in [0.2, 0.25) is 0 Å². The molecule has 9 nitrogen and oxygen atoms in total. The molecule has 3 N–H and O–H groups in total. The number of nitrogens with one attached hydrogen (secondary N) is 3. The first-order valence-corrected chi connectivity index (χ1v) is 9.83. The van der Waals surface area contributed by atoms with Crippen molar-refractivity contribution >= 4 is 24.0 Å². The van der Waals surface area contributed by atoms with E-state index in [4.69, 9.17) is 0 Å². The molecule has 1 unspecified atom stereocenters. The van der Waals surface area contributed by atoms with Crippen LogP contribution in [0.25, 0.3) is 0 Å². The van der Waals surface area contributed by atoms with Crippen LogP contribution in [-0.4, -0.2) is 52.4 Å². The molecule has 0 saturated carbocycles. The lowest BCUT2D eigenvalue weighted by Gasteiger charge is -2.22. The second kappa shape index (κ2) is 9.82. The van der Waals surface area contributed by atoms with Gasteiger partial charge in [-0.3, -0.25) is 19.1 Å². The summed E-state index contributed by atoms with van der Waals surface area (Å²) in [6, 6.07) is 7.58. The number of carbonyl (C=O) groups is 4. The zero-order chi connectivity index (χ0) is 21.5. The van der Waals surface area contributed by atoms with Crippen LogP contribution in [0.3, 0.4) is 0 Å². The number of benzene rings is 1. The maximum atomic E-state index is 12.9. The molecule has 1 aliphatic heterocycles. The van der Waals surface area contributed by atoms with E-state index < -0.39 is 23.9 Å². The van der Waals surface area contributed by atoms with Gasteiger partial charge in [0.15, 0.2) is 0 Å². The number of amides is 3. The first-order valence-electron chi connectivity index (χ1n) is 9.83. The lowest BCUT2D eigenvalue weighted by atomic mass is 9.98. The summed E-state index contributed by atoms with van der Waals surface area (Å²) >= 11 is 0. The number of aryl methyl sites for hydroxylation is 1. The fourth-order valence-electron chi connectivity index (χ4n) is 3.45. The number of nitrogens with zero attached hydrogens (tertiary/aromatic N) is 2. The van der Waals surface area contributed by atoms with Gasteiger partial charge in [-0.1, -0.05) is 30.3 Å². The van der Waals surface area contributed by atoms with Gasteiger partial charge >= 0.3 is 0 Å². The molecule has 0 spiro atoms. The van der Waals surface area contributed by atoms with Crippen molar-refractivity contribution in [2.45, 2.75) is 31.3 Å². The first kappa shape index (κ1) is 21.2. The minimum atomic E-state index is -0.889. The molecule has 2 heterocycles. The number of hydrogen-bond acceptors (Lipinski definition) is 5. The van der Waals surface area contributed by atoms with Crippen LogP contribution in [0, 0.1) is 5.92 Å². The lowest BCUT2D eigenvalue weighted by Crippen LogP contribution is -2.51. The zero-order valence-electron chi connectivity index (χ0n) is 16.7. The molecule has 9 heteroatoms. The third-order valence-electron chi connectivity index (χ3n) is 5.06. The van der Waals surface area contributed by atoms with Crippen LogP contribution in [0.4, 0.5) is 0 Å². The molecule has 0 radical (unpaired) electrons. The molecule has 1 aromatic heterocycles. The Labute approximate surface area is 174 Å².